The Hall–Kier alpha value is -0.225. The summed E-state index contributed by atoms with van der Waals surface area (Å²) in [4.78, 5) is 0. The molecule has 0 bridgehead atoms. The molecule has 0 fully saturated rings. The quantitative estimate of drug-likeness (QED) is 0.508. The molecule has 2 nitrogen and oxygen atoms in total. The summed E-state index contributed by atoms with van der Waals surface area (Å²) in [6, 6.07) is 0. The molecule has 8 heavy (non-hydrogen) atoms. The van der Waals surface area contributed by atoms with Crippen molar-refractivity contribution < 1.29 is 22.5 Å². The molecule has 0 amide bonds. The lowest BCUT2D eigenvalue weighted by molar-refractivity contribution is -0.280. The second-order valence-electron chi connectivity index (χ2n) is 0.896. The lowest BCUT2D eigenvalue weighted by Crippen LogP contribution is -2.17. The van der Waals surface area contributed by atoms with Gasteiger partial charge < -0.3 is 9.31 Å². The summed E-state index contributed by atoms with van der Waals surface area (Å²) in [7, 11) is 1.27. The van der Waals surface area contributed by atoms with Crippen molar-refractivity contribution in [3.8, 4) is 0 Å². The van der Waals surface area contributed by atoms with Crippen LogP contribution in [0.25, 0.3) is 0 Å². The first kappa shape index (κ1) is 7.77. The van der Waals surface area contributed by atoms with E-state index in [2.05, 4.69) is 9.31 Å². The van der Waals surface area contributed by atoms with Gasteiger partial charge in [0.1, 0.15) is 0 Å². The van der Waals surface area contributed by atoms with Gasteiger partial charge >= 0.3 is 14.0 Å². The zero-order chi connectivity index (χ0) is 6.62. The standard InChI is InChI=1S/C2H3BF3O2/c1-7-3-8-2(4,5)6/h1H3. The van der Waals surface area contributed by atoms with Crippen LogP contribution in [0.1, 0.15) is 0 Å². The maximum atomic E-state index is 10.9. The number of hydrogen-bond donors (Lipinski definition) is 0. The van der Waals surface area contributed by atoms with Gasteiger partial charge in [-0.2, -0.15) is 0 Å². The van der Waals surface area contributed by atoms with E-state index in [1.807, 2.05) is 0 Å². The Kier molecular flexibility index (Phi) is 2.85. The van der Waals surface area contributed by atoms with Crippen LogP contribution in [0.5, 0.6) is 0 Å². The van der Waals surface area contributed by atoms with E-state index >= 15 is 0 Å². The number of halogens is 3. The zero-order valence-corrected chi connectivity index (χ0v) is 4.03. The maximum Gasteiger partial charge on any atom is 0.510 e. The van der Waals surface area contributed by atoms with E-state index in [-0.39, 0.29) is 7.69 Å². The third-order valence-electron chi connectivity index (χ3n) is 0.278. The summed E-state index contributed by atoms with van der Waals surface area (Å²) in [5.41, 5.74) is 0. The van der Waals surface area contributed by atoms with Gasteiger partial charge in [0, 0.05) is 7.11 Å². The van der Waals surface area contributed by atoms with Crippen molar-refractivity contribution in [3.05, 3.63) is 0 Å². The van der Waals surface area contributed by atoms with Gasteiger partial charge in [-0.1, -0.05) is 0 Å². The minimum Gasteiger partial charge on any atom is -0.416 e. The Morgan fingerprint density at radius 2 is 1.88 bits per heavy atom. The molecular formula is C2H3BF3O2. The molecule has 0 aliphatic carbocycles. The third kappa shape index (κ3) is 5.77. The monoisotopic (exact) mass is 127 g/mol. The van der Waals surface area contributed by atoms with Crippen LogP contribution >= 0.6 is 0 Å². The van der Waals surface area contributed by atoms with Crippen LogP contribution in [0.15, 0.2) is 0 Å². The molecule has 47 valence electrons. The summed E-state index contributed by atoms with van der Waals surface area (Å²) in [5.74, 6) is 0. The van der Waals surface area contributed by atoms with Crippen LogP contribution < -0.4 is 0 Å². The fourth-order valence-electron chi connectivity index (χ4n) is 0.103. The fourth-order valence-corrected chi connectivity index (χ4v) is 0.103. The second kappa shape index (κ2) is 2.93. The Morgan fingerprint density at radius 3 is 2.00 bits per heavy atom. The summed E-state index contributed by atoms with van der Waals surface area (Å²) in [5, 5.41) is 0. The predicted octanol–water partition coefficient (Wildman–Crippen LogP) is 0.703. The molecule has 0 aromatic heterocycles. The maximum absolute atomic E-state index is 10.9. The van der Waals surface area contributed by atoms with Crippen molar-refractivity contribution in [2.45, 2.75) is 6.36 Å². The predicted molar refractivity (Wildman–Crippen MR) is 19.9 cm³/mol. The van der Waals surface area contributed by atoms with Gasteiger partial charge in [0.05, 0.1) is 0 Å². The molecular weight excluding hydrogens is 124 g/mol. The van der Waals surface area contributed by atoms with E-state index < -0.39 is 6.36 Å². The molecule has 0 unspecified atom stereocenters. The van der Waals surface area contributed by atoms with E-state index in [4.69, 9.17) is 0 Å². The average molecular weight is 127 g/mol. The first-order valence-corrected chi connectivity index (χ1v) is 1.65. The van der Waals surface area contributed by atoms with Crippen LogP contribution in [0, 0.1) is 0 Å². The SMILES string of the molecule is CO[B]OC(F)(F)F. The van der Waals surface area contributed by atoms with Crippen LogP contribution in [0.4, 0.5) is 13.2 Å². The molecule has 0 aliphatic rings. The van der Waals surface area contributed by atoms with E-state index in [0.29, 0.717) is 0 Å². The van der Waals surface area contributed by atoms with Crippen LogP contribution in [0.2, 0.25) is 0 Å². The lowest BCUT2D eigenvalue weighted by Gasteiger charge is -2.02. The number of alkyl halides is 3. The molecule has 0 saturated heterocycles. The minimum atomic E-state index is -4.63. The van der Waals surface area contributed by atoms with Gasteiger partial charge in [0.15, 0.2) is 0 Å². The zero-order valence-electron chi connectivity index (χ0n) is 4.03. The van der Waals surface area contributed by atoms with Gasteiger partial charge in [0.2, 0.25) is 0 Å². The van der Waals surface area contributed by atoms with E-state index in [9.17, 15) is 13.2 Å². The van der Waals surface area contributed by atoms with Gasteiger partial charge in [0.25, 0.3) is 0 Å². The summed E-state index contributed by atoms with van der Waals surface area (Å²) >= 11 is 0. The van der Waals surface area contributed by atoms with E-state index in [0.717, 1.165) is 7.11 Å². The highest BCUT2D eigenvalue weighted by Crippen LogP contribution is 2.14. The van der Waals surface area contributed by atoms with Gasteiger partial charge in [-0.3, -0.25) is 0 Å². The molecule has 6 heteroatoms. The molecule has 0 saturated carbocycles. The highest BCUT2D eigenvalue weighted by Gasteiger charge is 2.28. The van der Waals surface area contributed by atoms with Crippen molar-refractivity contribution in [1.29, 1.82) is 0 Å². The Bertz CT molecular complexity index is 62.8. The van der Waals surface area contributed by atoms with Crippen molar-refractivity contribution in [2.75, 3.05) is 7.11 Å². The Morgan fingerprint density at radius 1 is 1.38 bits per heavy atom. The summed E-state index contributed by atoms with van der Waals surface area (Å²) in [6.07, 6.45) is -4.63. The molecule has 0 N–H and O–H groups in total. The average Bonchev–Trinajstić information content (AvgIpc) is 1.59. The normalized spacial score (nSPS) is 11.5. The first-order valence-electron chi connectivity index (χ1n) is 1.65. The Labute approximate surface area is 44.9 Å². The van der Waals surface area contributed by atoms with Crippen LogP contribution in [-0.4, -0.2) is 21.2 Å². The Balaban J connectivity index is 3.11. The minimum absolute atomic E-state index is 0.208. The number of rotatable bonds is 2. The van der Waals surface area contributed by atoms with E-state index in [1.165, 1.54) is 0 Å². The van der Waals surface area contributed by atoms with Crippen LogP contribution in [-0.2, 0) is 9.31 Å². The molecule has 0 aromatic rings. The fraction of sp³-hybridized carbons (Fsp3) is 1.00. The van der Waals surface area contributed by atoms with Gasteiger partial charge in [-0.05, 0) is 0 Å². The smallest absolute Gasteiger partial charge is 0.416 e. The highest BCUT2D eigenvalue weighted by molar-refractivity contribution is 6.17. The van der Waals surface area contributed by atoms with Crippen molar-refractivity contribution >= 4 is 7.69 Å². The summed E-state index contributed by atoms with van der Waals surface area (Å²) in [6.45, 7) is 0. The largest absolute Gasteiger partial charge is 0.510 e. The van der Waals surface area contributed by atoms with Gasteiger partial charge in [-0.15, -0.1) is 13.2 Å². The molecule has 0 heterocycles. The second-order valence-corrected chi connectivity index (χ2v) is 0.896. The highest BCUT2D eigenvalue weighted by atomic mass is 19.4. The first-order chi connectivity index (χ1) is 3.56. The molecule has 0 rings (SSSR count). The number of hydrogen-bond acceptors (Lipinski definition) is 2. The molecule has 0 aliphatic heterocycles. The molecule has 0 spiro atoms. The summed E-state index contributed by atoms with van der Waals surface area (Å²) < 4.78 is 39.6. The van der Waals surface area contributed by atoms with Crippen LogP contribution in [0.3, 0.4) is 0 Å². The lowest BCUT2D eigenvalue weighted by atomic mass is 10.4. The molecule has 0 aromatic carbocycles. The van der Waals surface area contributed by atoms with E-state index in [1.54, 1.807) is 0 Å². The van der Waals surface area contributed by atoms with Gasteiger partial charge in [-0.25, -0.2) is 0 Å². The third-order valence-corrected chi connectivity index (χ3v) is 0.278. The van der Waals surface area contributed by atoms with Crippen molar-refractivity contribution in [2.24, 2.45) is 0 Å². The molecule has 0 atom stereocenters. The van der Waals surface area contributed by atoms with Crippen molar-refractivity contribution in [1.82, 2.24) is 0 Å². The topological polar surface area (TPSA) is 18.5 Å². The van der Waals surface area contributed by atoms with Crippen molar-refractivity contribution in [3.63, 3.8) is 0 Å². The molecule has 1 radical (unpaired) electrons.